The number of hydrogen-bond acceptors (Lipinski definition) is 0. The first-order valence-corrected chi connectivity index (χ1v) is 7.40. The van der Waals surface area contributed by atoms with Gasteiger partial charge in [-0.25, -0.2) is 0 Å². The van der Waals surface area contributed by atoms with E-state index >= 15 is 0 Å². The molecule has 104 valence electrons. The highest BCUT2D eigenvalue weighted by molar-refractivity contribution is 6.21. The third kappa shape index (κ3) is 2.29. The van der Waals surface area contributed by atoms with Crippen LogP contribution in [0.3, 0.4) is 0 Å². The number of hydrogen-bond donors (Lipinski definition) is 0. The SMILES string of the molecule is [2H]C1=C(c2ccccc2)/C(=C(\[2H])c2ccccc2)c2ccccc21. The standard InChI is InChI=1S/C22H16/c1-3-9-17(10-4-1)15-22-20-14-8-7-13-19(20)16-21(22)18-11-5-2-6-12-18/h1-16H/b22-15+/i15D,16D. The van der Waals surface area contributed by atoms with E-state index in [-0.39, 0.29) is 0 Å². The quantitative estimate of drug-likeness (QED) is 0.558. The van der Waals surface area contributed by atoms with Gasteiger partial charge in [-0.1, -0.05) is 84.9 Å². The van der Waals surface area contributed by atoms with Crippen LogP contribution < -0.4 is 0 Å². The van der Waals surface area contributed by atoms with Crippen LogP contribution in [0.5, 0.6) is 0 Å². The fourth-order valence-electron chi connectivity index (χ4n) is 2.76. The Balaban J connectivity index is 2.03. The minimum Gasteiger partial charge on any atom is -0.0622 e. The molecule has 0 aromatic heterocycles. The van der Waals surface area contributed by atoms with Crippen molar-refractivity contribution >= 4 is 23.3 Å². The largest absolute Gasteiger partial charge is 0.0636 e. The fourth-order valence-corrected chi connectivity index (χ4v) is 2.76. The Hall–Kier alpha value is -2.86. The number of fused-ring (bicyclic) bond motifs is 1. The third-order valence-electron chi connectivity index (χ3n) is 3.81. The number of allylic oxidation sites excluding steroid dienone is 2. The first-order valence-electron chi connectivity index (χ1n) is 8.40. The first kappa shape index (κ1) is 10.8. The second-order valence-electron chi connectivity index (χ2n) is 5.28. The minimum atomic E-state index is 0.462. The highest BCUT2D eigenvalue weighted by Crippen LogP contribution is 2.42. The fraction of sp³-hybridized carbons (Fsp3) is 0. The zero-order valence-electron chi connectivity index (χ0n) is 14.1. The Bertz CT molecular complexity index is 952. The van der Waals surface area contributed by atoms with Gasteiger partial charge >= 0.3 is 0 Å². The minimum absolute atomic E-state index is 0.462. The van der Waals surface area contributed by atoms with Gasteiger partial charge in [-0.15, -0.1) is 0 Å². The Kier molecular flexibility index (Phi) is 2.70. The lowest BCUT2D eigenvalue weighted by Crippen LogP contribution is -1.86. The van der Waals surface area contributed by atoms with Gasteiger partial charge in [0, 0.05) is 0 Å². The highest BCUT2D eigenvalue weighted by atomic mass is 14.2. The van der Waals surface area contributed by atoms with Gasteiger partial charge in [-0.05, 0) is 45.5 Å². The predicted octanol–water partition coefficient (Wildman–Crippen LogP) is 5.78. The average Bonchev–Trinajstić information content (AvgIpc) is 2.95. The molecule has 22 heavy (non-hydrogen) atoms. The molecule has 0 fully saturated rings. The molecule has 0 heterocycles. The van der Waals surface area contributed by atoms with Crippen LogP contribution in [0.1, 0.15) is 25.0 Å². The molecule has 1 aliphatic rings. The molecule has 0 aliphatic heterocycles. The van der Waals surface area contributed by atoms with Crippen LogP contribution in [0.2, 0.25) is 0 Å². The van der Waals surface area contributed by atoms with Crippen LogP contribution in [0.25, 0.3) is 23.3 Å². The van der Waals surface area contributed by atoms with Crippen molar-refractivity contribution in [1.82, 2.24) is 0 Å². The van der Waals surface area contributed by atoms with Crippen molar-refractivity contribution in [2.75, 3.05) is 0 Å². The zero-order valence-corrected chi connectivity index (χ0v) is 12.1. The summed E-state index contributed by atoms with van der Waals surface area (Å²) in [4.78, 5) is 0. The second kappa shape index (κ2) is 5.50. The molecular weight excluding hydrogens is 264 g/mol. The van der Waals surface area contributed by atoms with Crippen molar-refractivity contribution < 1.29 is 2.74 Å². The Labute approximate surface area is 133 Å². The van der Waals surface area contributed by atoms with Crippen LogP contribution in [-0.2, 0) is 0 Å². The lowest BCUT2D eigenvalue weighted by molar-refractivity contribution is 1.60. The topological polar surface area (TPSA) is 0 Å². The molecule has 0 nitrogen and oxygen atoms in total. The van der Waals surface area contributed by atoms with Gasteiger partial charge in [-0.2, -0.15) is 0 Å². The van der Waals surface area contributed by atoms with Gasteiger partial charge in [0.25, 0.3) is 0 Å². The molecule has 1 aliphatic carbocycles. The molecule has 0 spiro atoms. The summed E-state index contributed by atoms with van der Waals surface area (Å²) in [7, 11) is 0. The summed E-state index contributed by atoms with van der Waals surface area (Å²) in [6.45, 7) is 0. The zero-order chi connectivity index (χ0) is 16.5. The monoisotopic (exact) mass is 282 g/mol. The van der Waals surface area contributed by atoms with Crippen molar-refractivity contribution in [3.63, 3.8) is 0 Å². The van der Waals surface area contributed by atoms with Gasteiger partial charge < -0.3 is 0 Å². The Morgan fingerprint density at radius 2 is 1.36 bits per heavy atom. The van der Waals surface area contributed by atoms with E-state index in [1.807, 2.05) is 84.9 Å². The van der Waals surface area contributed by atoms with Crippen molar-refractivity contribution in [3.8, 4) is 0 Å². The summed E-state index contributed by atoms with van der Waals surface area (Å²) in [6, 6.07) is 28.5. The molecule has 4 rings (SSSR count). The molecular formula is C22H16. The van der Waals surface area contributed by atoms with Gasteiger partial charge in [0.15, 0.2) is 0 Å². The van der Waals surface area contributed by atoms with E-state index in [0.29, 0.717) is 12.1 Å². The molecule has 0 bridgehead atoms. The third-order valence-corrected chi connectivity index (χ3v) is 3.81. The maximum Gasteiger partial charge on any atom is 0.0636 e. The van der Waals surface area contributed by atoms with Gasteiger partial charge in [0.05, 0.1) is 2.74 Å². The molecule has 0 amide bonds. The molecule has 0 saturated heterocycles. The van der Waals surface area contributed by atoms with Crippen molar-refractivity contribution in [3.05, 3.63) is 107 Å². The summed E-state index contributed by atoms with van der Waals surface area (Å²) in [6.07, 6.45) is 0. The van der Waals surface area contributed by atoms with Crippen LogP contribution in [0, 0.1) is 0 Å². The molecule has 3 aromatic rings. The van der Waals surface area contributed by atoms with Gasteiger partial charge in [0.2, 0.25) is 0 Å². The lowest BCUT2D eigenvalue weighted by Gasteiger charge is -2.08. The summed E-state index contributed by atoms with van der Waals surface area (Å²) >= 11 is 0. The van der Waals surface area contributed by atoms with E-state index in [2.05, 4.69) is 0 Å². The van der Waals surface area contributed by atoms with Crippen LogP contribution >= 0.6 is 0 Å². The van der Waals surface area contributed by atoms with E-state index in [1.54, 1.807) is 0 Å². The molecule has 0 unspecified atom stereocenters. The Morgan fingerprint density at radius 1 is 0.727 bits per heavy atom. The predicted molar refractivity (Wildman–Crippen MR) is 95.1 cm³/mol. The maximum absolute atomic E-state index is 8.77. The van der Waals surface area contributed by atoms with Crippen LogP contribution in [-0.4, -0.2) is 0 Å². The van der Waals surface area contributed by atoms with Gasteiger partial charge in [-0.3, -0.25) is 0 Å². The van der Waals surface area contributed by atoms with Crippen LogP contribution in [0.15, 0.2) is 84.9 Å². The number of benzene rings is 3. The second-order valence-corrected chi connectivity index (χ2v) is 5.28. The lowest BCUT2D eigenvalue weighted by atomic mass is 9.95. The molecule has 3 aromatic carbocycles. The summed E-state index contributed by atoms with van der Waals surface area (Å²) in [5, 5.41) is 0. The molecule has 0 radical (unpaired) electrons. The van der Waals surface area contributed by atoms with Gasteiger partial charge in [0.1, 0.15) is 0 Å². The van der Waals surface area contributed by atoms with Crippen molar-refractivity contribution in [2.24, 2.45) is 0 Å². The highest BCUT2D eigenvalue weighted by Gasteiger charge is 2.19. The average molecular weight is 282 g/mol. The van der Waals surface area contributed by atoms with E-state index in [4.69, 9.17) is 2.74 Å². The smallest absolute Gasteiger partial charge is 0.0622 e. The Morgan fingerprint density at radius 3 is 2.14 bits per heavy atom. The van der Waals surface area contributed by atoms with E-state index in [9.17, 15) is 0 Å². The van der Waals surface area contributed by atoms with E-state index < -0.39 is 0 Å². The molecule has 0 atom stereocenters. The molecule has 0 N–H and O–H groups in total. The number of rotatable bonds is 2. The van der Waals surface area contributed by atoms with Crippen molar-refractivity contribution in [2.45, 2.75) is 0 Å². The van der Waals surface area contributed by atoms with E-state index in [0.717, 1.165) is 33.4 Å². The maximum atomic E-state index is 8.77. The summed E-state index contributed by atoms with van der Waals surface area (Å²) < 4.78 is 17.4. The van der Waals surface area contributed by atoms with Crippen LogP contribution in [0.4, 0.5) is 0 Å². The summed E-state index contributed by atoms with van der Waals surface area (Å²) in [5.41, 5.74) is 5.39. The van der Waals surface area contributed by atoms with Crippen molar-refractivity contribution in [1.29, 1.82) is 0 Å². The molecule has 0 saturated carbocycles. The normalized spacial score (nSPS) is 16.9. The van der Waals surface area contributed by atoms with E-state index in [1.165, 1.54) is 0 Å². The first-order chi connectivity index (χ1) is 11.8. The molecule has 0 heteroatoms. The summed E-state index contributed by atoms with van der Waals surface area (Å²) in [5.74, 6) is 0.